The van der Waals surface area contributed by atoms with Crippen molar-refractivity contribution in [2.75, 3.05) is 6.61 Å². The van der Waals surface area contributed by atoms with Crippen LogP contribution in [0.4, 0.5) is 0 Å². The van der Waals surface area contributed by atoms with Gasteiger partial charge in [-0.15, -0.1) is 11.6 Å². The summed E-state index contributed by atoms with van der Waals surface area (Å²) in [4.78, 5) is 32.0. The molecule has 3 rings (SSSR count). The van der Waals surface area contributed by atoms with Gasteiger partial charge in [-0.3, -0.25) is 20.0 Å². The SMILES string of the molecule is O=C(COc1nc(Cl)c(Cl)cc1Cl)NN1C(=O)C(Cl)C1c1ccccn1. The molecule has 0 aliphatic carbocycles. The number of halogens is 4. The summed E-state index contributed by atoms with van der Waals surface area (Å²) in [6, 6.07) is 5.98. The van der Waals surface area contributed by atoms with E-state index in [1.807, 2.05) is 0 Å². The molecule has 2 aromatic rings. The molecule has 0 aromatic carbocycles. The number of hydrogen-bond acceptors (Lipinski definition) is 5. The van der Waals surface area contributed by atoms with E-state index in [4.69, 9.17) is 51.1 Å². The van der Waals surface area contributed by atoms with Crippen LogP contribution in [0.15, 0.2) is 30.5 Å². The van der Waals surface area contributed by atoms with Crippen molar-refractivity contribution in [2.45, 2.75) is 11.4 Å². The molecule has 1 fully saturated rings. The number of carbonyl (C=O) groups is 2. The first kappa shape index (κ1) is 19.0. The molecule has 1 aliphatic heterocycles. The van der Waals surface area contributed by atoms with Crippen molar-refractivity contribution >= 4 is 58.2 Å². The highest BCUT2D eigenvalue weighted by atomic mass is 35.5. The van der Waals surface area contributed by atoms with E-state index in [0.717, 1.165) is 5.01 Å². The van der Waals surface area contributed by atoms with E-state index in [2.05, 4.69) is 15.4 Å². The van der Waals surface area contributed by atoms with Gasteiger partial charge in [-0.25, -0.2) is 5.01 Å². The second kappa shape index (κ2) is 7.84. The van der Waals surface area contributed by atoms with Crippen LogP contribution in [0.5, 0.6) is 5.88 Å². The van der Waals surface area contributed by atoms with Gasteiger partial charge in [-0.1, -0.05) is 40.9 Å². The Labute approximate surface area is 168 Å². The first-order valence-electron chi connectivity index (χ1n) is 7.20. The number of nitrogens with one attached hydrogen (secondary N) is 1. The molecule has 1 saturated heterocycles. The highest BCUT2D eigenvalue weighted by molar-refractivity contribution is 6.42. The average molecular weight is 436 g/mol. The molecule has 2 aromatic heterocycles. The quantitative estimate of drug-likeness (QED) is 0.443. The minimum atomic E-state index is -0.808. The lowest BCUT2D eigenvalue weighted by Gasteiger charge is -2.43. The number of aromatic nitrogens is 2. The van der Waals surface area contributed by atoms with Crippen molar-refractivity contribution in [3.63, 3.8) is 0 Å². The fraction of sp³-hybridized carbons (Fsp3) is 0.200. The topological polar surface area (TPSA) is 84.4 Å². The molecule has 0 bridgehead atoms. The van der Waals surface area contributed by atoms with Crippen LogP contribution in [-0.2, 0) is 9.59 Å². The minimum absolute atomic E-state index is 0.00964. The van der Waals surface area contributed by atoms with Gasteiger partial charge in [0.05, 0.1) is 10.7 Å². The molecule has 1 N–H and O–H groups in total. The minimum Gasteiger partial charge on any atom is -0.466 e. The number of amides is 2. The van der Waals surface area contributed by atoms with E-state index in [-0.39, 0.29) is 21.1 Å². The van der Waals surface area contributed by atoms with Gasteiger partial charge in [0.1, 0.15) is 16.4 Å². The largest absolute Gasteiger partial charge is 0.466 e. The van der Waals surface area contributed by atoms with Crippen LogP contribution in [0.25, 0.3) is 0 Å². The predicted molar refractivity (Wildman–Crippen MR) is 96.4 cm³/mol. The van der Waals surface area contributed by atoms with Gasteiger partial charge in [0.15, 0.2) is 11.8 Å². The summed E-state index contributed by atoms with van der Waals surface area (Å²) in [5.74, 6) is -1.10. The number of rotatable bonds is 5. The van der Waals surface area contributed by atoms with E-state index in [9.17, 15) is 9.59 Å². The Balaban J connectivity index is 1.63. The fourth-order valence-electron chi connectivity index (χ4n) is 2.24. The van der Waals surface area contributed by atoms with E-state index < -0.39 is 29.8 Å². The zero-order chi connectivity index (χ0) is 18.8. The Morgan fingerprint density at radius 2 is 2.04 bits per heavy atom. The number of nitrogens with zero attached hydrogens (tertiary/aromatic N) is 3. The Morgan fingerprint density at radius 3 is 2.73 bits per heavy atom. The van der Waals surface area contributed by atoms with Gasteiger partial charge in [-0.05, 0) is 18.2 Å². The zero-order valence-corrected chi connectivity index (χ0v) is 15.9. The van der Waals surface area contributed by atoms with Gasteiger partial charge >= 0.3 is 0 Å². The van der Waals surface area contributed by atoms with E-state index in [0.29, 0.717) is 5.69 Å². The lowest BCUT2D eigenvalue weighted by Crippen LogP contribution is -2.63. The number of ether oxygens (including phenoxy) is 1. The Hall–Kier alpha value is -1.80. The Morgan fingerprint density at radius 1 is 1.27 bits per heavy atom. The summed E-state index contributed by atoms with van der Waals surface area (Å²) < 4.78 is 5.22. The number of alkyl halides is 1. The third-order valence-corrected chi connectivity index (χ3v) is 4.83. The number of β-lactam (4-membered cyclic amide) rings is 1. The smallest absolute Gasteiger partial charge is 0.276 e. The third kappa shape index (κ3) is 3.81. The monoisotopic (exact) mass is 434 g/mol. The number of hydrogen-bond donors (Lipinski definition) is 1. The second-order valence-corrected chi connectivity index (χ2v) is 6.82. The van der Waals surface area contributed by atoms with Crippen molar-refractivity contribution < 1.29 is 14.3 Å². The van der Waals surface area contributed by atoms with Crippen molar-refractivity contribution in [3.05, 3.63) is 51.4 Å². The second-order valence-electron chi connectivity index (χ2n) is 5.18. The molecule has 2 unspecified atom stereocenters. The fourth-order valence-corrected chi connectivity index (χ4v) is 3.13. The maximum absolute atomic E-state index is 12.1. The molecule has 7 nitrogen and oxygen atoms in total. The molecule has 2 amide bonds. The van der Waals surface area contributed by atoms with E-state index in [1.54, 1.807) is 24.4 Å². The van der Waals surface area contributed by atoms with Crippen LogP contribution < -0.4 is 10.2 Å². The van der Waals surface area contributed by atoms with Crippen molar-refractivity contribution in [1.82, 2.24) is 20.4 Å². The van der Waals surface area contributed by atoms with Crippen LogP contribution in [0.2, 0.25) is 15.2 Å². The average Bonchev–Trinajstić information content (AvgIpc) is 2.63. The van der Waals surface area contributed by atoms with Crippen molar-refractivity contribution in [3.8, 4) is 5.88 Å². The van der Waals surface area contributed by atoms with E-state index in [1.165, 1.54) is 6.07 Å². The van der Waals surface area contributed by atoms with Gasteiger partial charge in [0, 0.05) is 6.20 Å². The number of carbonyl (C=O) groups excluding carboxylic acids is 2. The molecule has 0 saturated carbocycles. The molecule has 0 radical (unpaired) electrons. The van der Waals surface area contributed by atoms with Crippen LogP contribution >= 0.6 is 46.4 Å². The van der Waals surface area contributed by atoms with E-state index >= 15 is 0 Å². The van der Waals surface area contributed by atoms with Crippen LogP contribution in [-0.4, -0.2) is 38.8 Å². The first-order chi connectivity index (χ1) is 12.4. The first-order valence-corrected chi connectivity index (χ1v) is 8.77. The molecule has 0 spiro atoms. The maximum atomic E-state index is 12.1. The molecular formula is C15H10Cl4N4O3. The van der Waals surface area contributed by atoms with Crippen molar-refractivity contribution in [2.24, 2.45) is 0 Å². The zero-order valence-electron chi connectivity index (χ0n) is 12.8. The molecule has 1 aliphatic rings. The van der Waals surface area contributed by atoms with Gasteiger partial charge in [0.2, 0.25) is 5.88 Å². The third-order valence-electron chi connectivity index (χ3n) is 3.46. The summed E-state index contributed by atoms with van der Waals surface area (Å²) in [6.45, 7) is -0.448. The Kier molecular flexibility index (Phi) is 5.72. The normalized spacial score (nSPS) is 19.1. The van der Waals surface area contributed by atoms with Crippen LogP contribution in [0.3, 0.4) is 0 Å². The summed E-state index contributed by atoms with van der Waals surface area (Å²) in [5.41, 5.74) is 2.98. The number of hydrazine groups is 1. The molecule has 11 heteroatoms. The number of pyridine rings is 2. The highest BCUT2D eigenvalue weighted by Crippen LogP contribution is 2.36. The van der Waals surface area contributed by atoms with Crippen LogP contribution in [0.1, 0.15) is 11.7 Å². The summed E-state index contributed by atoms with van der Waals surface area (Å²) in [7, 11) is 0. The lowest BCUT2D eigenvalue weighted by molar-refractivity contribution is -0.157. The van der Waals surface area contributed by atoms with Crippen LogP contribution in [0, 0.1) is 0 Å². The van der Waals surface area contributed by atoms with Gasteiger partial charge in [-0.2, -0.15) is 4.98 Å². The Bertz CT molecular complexity index is 852. The van der Waals surface area contributed by atoms with Gasteiger partial charge < -0.3 is 4.74 Å². The maximum Gasteiger partial charge on any atom is 0.276 e. The summed E-state index contributed by atoms with van der Waals surface area (Å²) >= 11 is 23.5. The highest BCUT2D eigenvalue weighted by Gasteiger charge is 2.49. The predicted octanol–water partition coefficient (Wildman–Crippen LogP) is 3.04. The molecular weight excluding hydrogens is 426 g/mol. The summed E-state index contributed by atoms with van der Waals surface area (Å²) in [5, 5.41) is 0.544. The standard InChI is InChI=1S/C15H10Cl4N4O3/c16-7-5-8(17)14(21-13(7)19)26-6-10(24)22-23-12(11(18)15(23)25)9-3-1-2-4-20-9/h1-5,11-12H,6H2,(H,22,24). The van der Waals surface area contributed by atoms with Gasteiger partial charge in [0.25, 0.3) is 11.8 Å². The van der Waals surface area contributed by atoms with Crippen molar-refractivity contribution in [1.29, 1.82) is 0 Å². The summed E-state index contributed by atoms with van der Waals surface area (Å²) in [6.07, 6.45) is 1.57. The molecule has 136 valence electrons. The lowest BCUT2D eigenvalue weighted by atomic mass is 10.00. The molecule has 26 heavy (non-hydrogen) atoms. The molecule has 2 atom stereocenters. The molecule has 3 heterocycles.